The summed E-state index contributed by atoms with van der Waals surface area (Å²) in [6, 6.07) is 9.87. The highest BCUT2D eigenvalue weighted by Crippen LogP contribution is 2.20. The molecule has 0 fully saturated rings. The van der Waals surface area contributed by atoms with Gasteiger partial charge in [-0.15, -0.1) is 0 Å². The Morgan fingerprint density at radius 1 is 1.26 bits per heavy atom. The van der Waals surface area contributed by atoms with Crippen molar-refractivity contribution in [3.63, 3.8) is 0 Å². The number of anilines is 1. The minimum atomic E-state index is -0.256. The number of nitrogens with one attached hydrogen (secondary N) is 1. The molecule has 2 heterocycles. The number of imidazole rings is 1. The van der Waals surface area contributed by atoms with Crippen LogP contribution in [0.1, 0.15) is 29.5 Å². The highest BCUT2D eigenvalue weighted by Gasteiger charge is 2.19. The monoisotopic (exact) mass is 329 g/mol. The predicted octanol–water partition coefficient (Wildman–Crippen LogP) is 3.90. The fraction of sp³-hybridized carbons (Fsp3) is 0.176. The lowest BCUT2D eigenvalue weighted by Crippen LogP contribution is -2.16. The second-order valence-electron chi connectivity index (χ2n) is 5.23. The average Bonchev–Trinajstić information content (AvgIpc) is 2.87. The molecule has 0 aliphatic rings. The molecule has 23 heavy (non-hydrogen) atoms. The van der Waals surface area contributed by atoms with E-state index in [0.717, 1.165) is 12.1 Å². The molecule has 3 aromatic rings. The third-order valence-electron chi connectivity index (χ3n) is 3.48. The van der Waals surface area contributed by atoms with E-state index in [1.54, 1.807) is 34.9 Å². The number of rotatable bonds is 4. The Hall–Kier alpha value is -2.53. The molecule has 2 aromatic heterocycles. The molecule has 2 N–H and O–H groups in total. The lowest BCUT2D eigenvalue weighted by Gasteiger charge is -2.07. The molecule has 0 saturated heterocycles. The maximum atomic E-state index is 12.7. The number of aromatic nitrogens is 2. The number of amides is 1. The summed E-state index contributed by atoms with van der Waals surface area (Å²) in [6.07, 6.45) is 3.28. The highest BCUT2D eigenvalue weighted by molar-refractivity contribution is 6.30. The van der Waals surface area contributed by atoms with E-state index in [9.17, 15) is 9.90 Å². The largest absolute Gasteiger partial charge is 0.508 e. The standard InChI is InChI=1S/C17H16ClN3O2/c1-2-3-14-16(21-10-11(18)4-9-15(21)20-14)17(23)19-12-5-7-13(22)8-6-12/h4-10,22H,2-3H2,1H3,(H,19,23). The van der Waals surface area contributed by atoms with Crippen LogP contribution in [0, 0.1) is 0 Å². The first-order valence-corrected chi connectivity index (χ1v) is 7.73. The molecule has 3 rings (SSSR count). The lowest BCUT2D eigenvalue weighted by molar-refractivity contribution is 0.102. The van der Waals surface area contributed by atoms with E-state index in [0.29, 0.717) is 28.5 Å². The quantitative estimate of drug-likeness (QED) is 0.713. The minimum Gasteiger partial charge on any atom is -0.508 e. The number of hydrogen-bond acceptors (Lipinski definition) is 3. The van der Waals surface area contributed by atoms with Crippen LogP contribution < -0.4 is 5.32 Å². The van der Waals surface area contributed by atoms with Gasteiger partial charge in [-0.2, -0.15) is 0 Å². The fourth-order valence-corrected chi connectivity index (χ4v) is 2.61. The van der Waals surface area contributed by atoms with Gasteiger partial charge in [0.25, 0.3) is 5.91 Å². The SMILES string of the molecule is CCCc1nc2ccc(Cl)cn2c1C(=O)Nc1ccc(O)cc1. The van der Waals surface area contributed by atoms with E-state index in [2.05, 4.69) is 10.3 Å². The summed E-state index contributed by atoms with van der Waals surface area (Å²) in [5, 5.41) is 12.7. The third kappa shape index (κ3) is 3.14. The second kappa shape index (κ2) is 6.30. The zero-order chi connectivity index (χ0) is 16.4. The molecule has 0 atom stereocenters. The van der Waals surface area contributed by atoms with Crippen LogP contribution in [-0.4, -0.2) is 20.4 Å². The first-order chi connectivity index (χ1) is 11.1. The molecule has 0 bridgehead atoms. The number of aryl methyl sites for hydroxylation is 1. The molecule has 5 nitrogen and oxygen atoms in total. The zero-order valence-corrected chi connectivity index (χ0v) is 13.3. The van der Waals surface area contributed by atoms with Gasteiger partial charge in [0.15, 0.2) is 0 Å². The van der Waals surface area contributed by atoms with Crippen LogP contribution in [0.2, 0.25) is 5.02 Å². The summed E-state index contributed by atoms with van der Waals surface area (Å²) < 4.78 is 1.71. The molecule has 6 heteroatoms. The highest BCUT2D eigenvalue weighted by atomic mass is 35.5. The first-order valence-electron chi connectivity index (χ1n) is 7.35. The minimum absolute atomic E-state index is 0.149. The van der Waals surface area contributed by atoms with Gasteiger partial charge in [-0.25, -0.2) is 4.98 Å². The van der Waals surface area contributed by atoms with Crippen LogP contribution >= 0.6 is 11.6 Å². The average molecular weight is 330 g/mol. The summed E-state index contributed by atoms with van der Waals surface area (Å²) >= 11 is 6.05. The van der Waals surface area contributed by atoms with Crippen molar-refractivity contribution in [1.29, 1.82) is 0 Å². The number of halogens is 1. The van der Waals surface area contributed by atoms with E-state index >= 15 is 0 Å². The number of carbonyl (C=O) groups excluding carboxylic acids is 1. The van der Waals surface area contributed by atoms with Crippen LogP contribution in [0.5, 0.6) is 5.75 Å². The molecule has 118 valence electrons. The fourth-order valence-electron chi connectivity index (χ4n) is 2.45. The van der Waals surface area contributed by atoms with Crippen molar-refractivity contribution >= 4 is 28.8 Å². The zero-order valence-electron chi connectivity index (χ0n) is 12.6. The molecule has 0 radical (unpaired) electrons. The Morgan fingerprint density at radius 3 is 2.70 bits per heavy atom. The number of carbonyl (C=O) groups is 1. The predicted molar refractivity (Wildman–Crippen MR) is 90.3 cm³/mol. The first kappa shape index (κ1) is 15.4. The third-order valence-corrected chi connectivity index (χ3v) is 3.71. The maximum absolute atomic E-state index is 12.7. The molecule has 0 unspecified atom stereocenters. The number of hydrogen-bond donors (Lipinski definition) is 2. The lowest BCUT2D eigenvalue weighted by atomic mass is 10.2. The Bertz CT molecular complexity index is 856. The summed E-state index contributed by atoms with van der Waals surface area (Å²) in [6.45, 7) is 2.04. The summed E-state index contributed by atoms with van der Waals surface area (Å²) in [5.41, 5.74) is 2.52. The molecular weight excluding hydrogens is 314 g/mol. The van der Waals surface area contributed by atoms with Crippen molar-refractivity contribution in [2.45, 2.75) is 19.8 Å². The molecular formula is C17H16ClN3O2. The van der Waals surface area contributed by atoms with Crippen molar-refractivity contribution in [1.82, 2.24) is 9.38 Å². The van der Waals surface area contributed by atoms with Crippen LogP contribution in [0.25, 0.3) is 5.65 Å². The van der Waals surface area contributed by atoms with Gasteiger partial charge in [0, 0.05) is 11.9 Å². The molecule has 1 amide bonds. The Kier molecular flexibility index (Phi) is 4.21. The van der Waals surface area contributed by atoms with E-state index in [4.69, 9.17) is 11.6 Å². The summed E-state index contributed by atoms with van der Waals surface area (Å²) in [4.78, 5) is 17.2. The van der Waals surface area contributed by atoms with E-state index in [1.165, 1.54) is 12.1 Å². The number of nitrogens with zero attached hydrogens (tertiary/aromatic N) is 2. The van der Waals surface area contributed by atoms with Crippen LogP contribution in [-0.2, 0) is 6.42 Å². The number of pyridine rings is 1. The Morgan fingerprint density at radius 2 is 2.00 bits per heavy atom. The molecule has 0 aliphatic heterocycles. The van der Waals surface area contributed by atoms with Crippen LogP contribution in [0.4, 0.5) is 5.69 Å². The smallest absolute Gasteiger partial charge is 0.274 e. The number of aromatic hydroxyl groups is 1. The van der Waals surface area contributed by atoms with E-state index in [-0.39, 0.29) is 11.7 Å². The van der Waals surface area contributed by atoms with Gasteiger partial charge in [0.05, 0.1) is 10.7 Å². The van der Waals surface area contributed by atoms with Gasteiger partial charge in [0.2, 0.25) is 0 Å². The van der Waals surface area contributed by atoms with Crippen LogP contribution in [0.15, 0.2) is 42.6 Å². The van der Waals surface area contributed by atoms with E-state index in [1.807, 2.05) is 6.92 Å². The Labute approximate surface area is 138 Å². The Balaban J connectivity index is 2.02. The number of phenolic OH excluding ortho intramolecular Hbond substituents is 1. The summed E-state index contributed by atoms with van der Waals surface area (Å²) in [7, 11) is 0. The van der Waals surface area contributed by atoms with Crippen molar-refractivity contribution < 1.29 is 9.90 Å². The van der Waals surface area contributed by atoms with Crippen molar-refractivity contribution in [2.75, 3.05) is 5.32 Å². The van der Waals surface area contributed by atoms with Crippen molar-refractivity contribution in [2.24, 2.45) is 0 Å². The maximum Gasteiger partial charge on any atom is 0.274 e. The normalized spacial score (nSPS) is 10.9. The van der Waals surface area contributed by atoms with Gasteiger partial charge < -0.3 is 10.4 Å². The van der Waals surface area contributed by atoms with Gasteiger partial charge in [0.1, 0.15) is 17.1 Å². The van der Waals surface area contributed by atoms with Gasteiger partial charge >= 0.3 is 0 Å². The summed E-state index contributed by atoms with van der Waals surface area (Å²) in [5.74, 6) is -0.106. The number of phenols is 1. The van der Waals surface area contributed by atoms with E-state index < -0.39 is 0 Å². The molecule has 0 aliphatic carbocycles. The van der Waals surface area contributed by atoms with Gasteiger partial charge in [-0.1, -0.05) is 24.9 Å². The number of fused-ring (bicyclic) bond motifs is 1. The topological polar surface area (TPSA) is 66.6 Å². The molecule has 1 aromatic carbocycles. The molecule has 0 spiro atoms. The second-order valence-corrected chi connectivity index (χ2v) is 5.67. The molecule has 0 saturated carbocycles. The van der Waals surface area contributed by atoms with Crippen molar-refractivity contribution in [3.05, 3.63) is 59.0 Å². The van der Waals surface area contributed by atoms with Crippen molar-refractivity contribution in [3.8, 4) is 5.75 Å². The van der Waals surface area contributed by atoms with Crippen LogP contribution in [0.3, 0.4) is 0 Å². The van der Waals surface area contributed by atoms with Gasteiger partial charge in [-0.05, 0) is 42.8 Å². The number of benzene rings is 1. The van der Waals surface area contributed by atoms with Gasteiger partial charge in [-0.3, -0.25) is 9.20 Å².